The van der Waals surface area contributed by atoms with E-state index in [0.29, 0.717) is 5.69 Å². The van der Waals surface area contributed by atoms with Crippen LogP contribution in [0.4, 0.5) is 10.1 Å². The number of hydrogen-bond donors (Lipinski definition) is 1. The molecule has 0 aliphatic carbocycles. The molecule has 0 aliphatic heterocycles. The molecule has 3 nitrogen and oxygen atoms in total. The van der Waals surface area contributed by atoms with Crippen LogP contribution in [0.3, 0.4) is 0 Å². The fraction of sp³-hybridized carbons (Fsp3) is 0.316. The summed E-state index contributed by atoms with van der Waals surface area (Å²) in [4.78, 5) is 12.6. The van der Waals surface area contributed by atoms with Gasteiger partial charge in [-0.15, -0.1) is 0 Å². The molecule has 2 aromatic rings. The van der Waals surface area contributed by atoms with Crippen molar-refractivity contribution in [1.82, 2.24) is 0 Å². The Labute approximate surface area is 136 Å². The van der Waals surface area contributed by atoms with E-state index in [0.717, 1.165) is 11.1 Å². The lowest BCUT2D eigenvalue weighted by Gasteiger charge is -2.25. The number of carbonyl (C=O) groups excluding carboxylic acids is 1. The second-order valence-corrected chi connectivity index (χ2v) is 6.53. The van der Waals surface area contributed by atoms with Crippen molar-refractivity contribution in [2.75, 3.05) is 5.32 Å². The fourth-order valence-corrected chi connectivity index (χ4v) is 2.11. The predicted molar refractivity (Wildman–Crippen MR) is 89.8 cm³/mol. The predicted octanol–water partition coefficient (Wildman–Crippen LogP) is 4.63. The molecule has 0 bridgehead atoms. The number of benzene rings is 2. The number of hydrogen-bond acceptors (Lipinski definition) is 3. The van der Waals surface area contributed by atoms with Gasteiger partial charge in [0.25, 0.3) is 0 Å². The molecule has 0 saturated carbocycles. The van der Waals surface area contributed by atoms with Crippen LogP contribution in [0.1, 0.15) is 37.9 Å². The minimum atomic E-state index is -0.653. The zero-order chi connectivity index (χ0) is 17.0. The SMILES string of the molecule is Cc1ccc(C(Nc2ccc(F)cc2)C(=O)OC(C)(C)C)cc1. The number of aryl methyl sites for hydroxylation is 1. The third-order valence-corrected chi connectivity index (χ3v) is 3.21. The van der Waals surface area contributed by atoms with Crippen molar-refractivity contribution in [3.8, 4) is 0 Å². The third kappa shape index (κ3) is 5.09. The van der Waals surface area contributed by atoms with Gasteiger partial charge in [0.2, 0.25) is 0 Å². The van der Waals surface area contributed by atoms with Gasteiger partial charge >= 0.3 is 5.97 Å². The minimum Gasteiger partial charge on any atom is -0.458 e. The van der Waals surface area contributed by atoms with E-state index in [1.165, 1.54) is 12.1 Å². The van der Waals surface area contributed by atoms with Crippen molar-refractivity contribution in [2.45, 2.75) is 39.3 Å². The van der Waals surface area contributed by atoms with Gasteiger partial charge in [0.05, 0.1) is 0 Å². The molecule has 0 amide bonds. The molecule has 0 aliphatic rings. The van der Waals surface area contributed by atoms with E-state index < -0.39 is 11.6 Å². The van der Waals surface area contributed by atoms with Crippen LogP contribution in [-0.4, -0.2) is 11.6 Å². The van der Waals surface area contributed by atoms with Crippen molar-refractivity contribution < 1.29 is 13.9 Å². The molecule has 122 valence electrons. The summed E-state index contributed by atoms with van der Waals surface area (Å²) in [7, 11) is 0. The maximum atomic E-state index is 13.1. The smallest absolute Gasteiger partial charge is 0.333 e. The molecule has 0 radical (unpaired) electrons. The highest BCUT2D eigenvalue weighted by atomic mass is 19.1. The molecule has 1 unspecified atom stereocenters. The molecule has 0 heterocycles. The Bertz CT molecular complexity index is 657. The largest absolute Gasteiger partial charge is 0.458 e. The maximum absolute atomic E-state index is 13.1. The Kier molecular flexibility index (Phi) is 5.04. The van der Waals surface area contributed by atoms with Crippen LogP contribution in [0.15, 0.2) is 48.5 Å². The van der Waals surface area contributed by atoms with Gasteiger partial charge in [-0.2, -0.15) is 0 Å². The van der Waals surface area contributed by atoms with Crippen LogP contribution < -0.4 is 5.32 Å². The van der Waals surface area contributed by atoms with Gasteiger partial charge in [0.15, 0.2) is 6.04 Å². The number of halogens is 1. The second-order valence-electron chi connectivity index (χ2n) is 6.53. The summed E-state index contributed by atoms with van der Waals surface area (Å²) < 4.78 is 18.6. The molecule has 4 heteroatoms. The highest BCUT2D eigenvalue weighted by Crippen LogP contribution is 2.24. The first-order valence-corrected chi connectivity index (χ1v) is 7.56. The molecule has 1 atom stereocenters. The topological polar surface area (TPSA) is 38.3 Å². The summed E-state index contributed by atoms with van der Waals surface area (Å²) in [5, 5.41) is 3.12. The van der Waals surface area contributed by atoms with Crippen molar-refractivity contribution in [3.05, 3.63) is 65.5 Å². The van der Waals surface area contributed by atoms with Gasteiger partial charge in [-0.05, 0) is 57.5 Å². The van der Waals surface area contributed by atoms with E-state index in [-0.39, 0.29) is 11.8 Å². The zero-order valence-electron chi connectivity index (χ0n) is 13.9. The Morgan fingerprint density at radius 2 is 1.61 bits per heavy atom. The molecule has 1 N–H and O–H groups in total. The van der Waals surface area contributed by atoms with E-state index in [9.17, 15) is 9.18 Å². The van der Waals surface area contributed by atoms with Crippen LogP contribution in [0.25, 0.3) is 0 Å². The second kappa shape index (κ2) is 6.82. The van der Waals surface area contributed by atoms with Crippen molar-refractivity contribution in [2.24, 2.45) is 0 Å². The average Bonchev–Trinajstić information content (AvgIpc) is 2.46. The van der Waals surface area contributed by atoms with Crippen molar-refractivity contribution in [3.63, 3.8) is 0 Å². The Morgan fingerprint density at radius 3 is 2.13 bits per heavy atom. The first-order valence-electron chi connectivity index (χ1n) is 7.56. The number of esters is 1. The summed E-state index contributed by atoms with van der Waals surface area (Å²) in [6, 6.07) is 12.9. The highest BCUT2D eigenvalue weighted by Gasteiger charge is 2.26. The lowest BCUT2D eigenvalue weighted by molar-refractivity contribution is -0.156. The average molecular weight is 315 g/mol. The third-order valence-electron chi connectivity index (χ3n) is 3.21. The molecule has 0 saturated heterocycles. The standard InChI is InChI=1S/C19H22FNO2/c1-13-5-7-14(8-6-13)17(18(22)23-19(2,3)4)21-16-11-9-15(20)10-12-16/h5-12,17,21H,1-4H3. The molecule has 2 rings (SSSR count). The van der Waals surface area contributed by atoms with Gasteiger partial charge < -0.3 is 10.1 Å². The van der Waals surface area contributed by atoms with Crippen LogP contribution in [-0.2, 0) is 9.53 Å². The molecular formula is C19H22FNO2. The van der Waals surface area contributed by atoms with Crippen molar-refractivity contribution >= 4 is 11.7 Å². The number of anilines is 1. The van der Waals surface area contributed by atoms with Crippen LogP contribution in [0.5, 0.6) is 0 Å². The first kappa shape index (κ1) is 17.0. The molecule has 23 heavy (non-hydrogen) atoms. The quantitative estimate of drug-likeness (QED) is 0.836. The van der Waals surface area contributed by atoms with Gasteiger partial charge in [-0.3, -0.25) is 0 Å². The van der Waals surface area contributed by atoms with Gasteiger partial charge in [-0.25, -0.2) is 9.18 Å². The molecule has 0 fully saturated rings. The van der Waals surface area contributed by atoms with E-state index in [1.807, 2.05) is 52.0 Å². The van der Waals surface area contributed by atoms with E-state index in [4.69, 9.17) is 4.74 Å². The van der Waals surface area contributed by atoms with Gasteiger partial charge in [0.1, 0.15) is 11.4 Å². The first-order chi connectivity index (χ1) is 10.7. The van der Waals surface area contributed by atoms with E-state index in [1.54, 1.807) is 12.1 Å². The fourth-order valence-electron chi connectivity index (χ4n) is 2.11. The summed E-state index contributed by atoms with van der Waals surface area (Å²) in [6.07, 6.45) is 0. The Balaban J connectivity index is 2.28. The van der Waals surface area contributed by atoms with E-state index >= 15 is 0 Å². The monoisotopic (exact) mass is 315 g/mol. The summed E-state index contributed by atoms with van der Waals surface area (Å²) in [6.45, 7) is 7.47. The zero-order valence-corrected chi connectivity index (χ0v) is 13.9. The van der Waals surface area contributed by atoms with Gasteiger partial charge in [0, 0.05) is 5.69 Å². The molecular weight excluding hydrogens is 293 g/mol. The summed E-state index contributed by atoms with van der Waals surface area (Å²) >= 11 is 0. The minimum absolute atomic E-state index is 0.320. The maximum Gasteiger partial charge on any atom is 0.333 e. The number of nitrogens with one attached hydrogen (secondary N) is 1. The Morgan fingerprint density at radius 1 is 1.04 bits per heavy atom. The number of carbonyl (C=O) groups is 1. The van der Waals surface area contributed by atoms with Gasteiger partial charge in [-0.1, -0.05) is 29.8 Å². The molecule has 0 spiro atoms. The normalized spacial score (nSPS) is 12.6. The number of rotatable bonds is 4. The van der Waals surface area contributed by atoms with Crippen LogP contribution in [0, 0.1) is 12.7 Å². The summed E-state index contributed by atoms with van der Waals surface area (Å²) in [5.41, 5.74) is 1.99. The molecule has 0 aromatic heterocycles. The molecule has 2 aromatic carbocycles. The van der Waals surface area contributed by atoms with Crippen LogP contribution >= 0.6 is 0 Å². The summed E-state index contributed by atoms with van der Waals surface area (Å²) in [5.74, 6) is -0.689. The van der Waals surface area contributed by atoms with Crippen molar-refractivity contribution in [1.29, 1.82) is 0 Å². The number of ether oxygens (including phenoxy) is 1. The van der Waals surface area contributed by atoms with Crippen LogP contribution in [0.2, 0.25) is 0 Å². The lowest BCUT2D eigenvalue weighted by atomic mass is 10.0. The lowest BCUT2D eigenvalue weighted by Crippen LogP contribution is -2.31. The highest BCUT2D eigenvalue weighted by molar-refractivity contribution is 5.81. The Hall–Kier alpha value is -2.36. The van der Waals surface area contributed by atoms with E-state index in [2.05, 4.69) is 5.32 Å².